The second kappa shape index (κ2) is 9.62. The summed E-state index contributed by atoms with van der Waals surface area (Å²) in [5.74, 6) is 1.67. The van der Waals surface area contributed by atoms with Crippen molar-refractivity contribution in [1.29, 1.82) is 0 Å². The Kier molecular flexibility index (Phi) is 7.21. The third-order valence-electron chi connectivity index (χ3n) is 3.95. The van der Waals surface area contributed by atoms with Gasteiger partial charge < -0.3 is 14.8 Å². The Balaban J connectivity index is 1.73. The van der Waals surface area contributed by atoms with Crippen LogP contribution in [0.25, 0.3) is 0 Å². The number of methoxy groups -OCH3 is 1. The summed E-state index contributed by atoms with van der Waals surface area (Å²) in [6.07, 6.45) is 0. The lowest BCUT2D eigenvalue weighted by molar-refractivity contribution is 0.301. The molecule has 0 radical (unpaired) electrons. The fourth-order valence-corrected chi connectivity index (χ4v) is 4.24. The molecule has 3 aromatic carbocycles. The maximum Gasteiger partial charge on any atom is 0.139 e. The first-order valence-corrected chi connectivity index (χ1v) is 10.7. The van der Waals surface area contributed by atoms with Crippen LogP contribution < -0.4 is 14.8 Å². The van der Waals surface area contributed by atoms with Crippen molar-refractivity contribution in [2.45, 2.75) is 13.2 Å². The molecule has 0 saturated heterocycles. The zero-order valence-corrected chi connectivity index (χ0v) is 19.4. The first kappa shape index (κ1) is 20.2. The molecule has 0 bridgehead atoms. The normalized spacial score (nSPS) is 10.5. The van der Waals surface area contributed by atoms with E-state index in [0.717, 1.165) is 41.7 Å². The van der Waals surface area contributed by atoms with Crippen molar-refractivity contribution in [2.75, 3.05) is 12.4 Å². The highest BCUT2D eigenvalue weighted by molar-refractivity contribution is 9.11. The van der Waals surface area contributed by atoms with Gasteiger partial charge in [0.15, 0.2) is 0 Å². The van der Waals surface area contributed by atoms with Crippen LogP contribution in [0.4, 0.5) is 5.69 Å². The van der Waals surface area contributed by atoms with E-state index >= 15 is 0 Å². The van der Waals surface area contributed by atoms with Crippen LogP contribution in [0.15, 0.2) is 74.1 Å². The first-order valence-electron chi connectivity index (χ1n) is 8.28. The van der Waals surface area contributed by atoms with Crippen LogP contribution in [0, 0.1) is 0 Å². The summed E-state index contributed by atoms with van der Waals surface area (Å²) in [4.78, 5) is 0. The van der Waals surface area contributed by atoms with Crippen molar-refractivity contribution >= 4 is 53.5 Å². The van der Waals surface area contributed by atoms with Crippen LogP contribution in [0.5, 0.6) is 11.5 Å². The van der Waals surface area contributed by atoms with Crippen LogP contribution in [-0.2, 0) is 13.2 Å². The number of anilines is 1. The van der Waals surface area contributed by atoms with Gasteiger partial charge >= 0.3 is 0 Å². The molecule has 0 aliphatic heterocycles. The SMILES string of the molecule is COc1ccc(NCc2cc(Br)cc(Br)c2OCc2ccc(Br)cc2)cc1. The van der Waals surface area contributed by atoms with Crippen LogP contribution >= 0.6 is 47.8 Å². The average Bonchev–Trinajstić information content (AvgIpc) is 2.67. The molecule has 0 fully saturated rings. The highest BCUT2D eigenvalue weighted by Gasteiger charge is 2.11. The van der Waals surface area contributed by atoms with Crippen LogP contribution in [0.2, 0.25) is 0 Å². The monoisotopic (exact) mass is 553 g/mol. The smallest absolute Gasteiger partial charge is 0.139 e. The number of ether oxygens (including phenoxy) is 2. The highest BCUT2D eigenvalue weighted by atomic mass is 79.9. The summed E-state index contributed by atoms with van der Waals surface area (Å²) in [5, 5.41) is 3.43. The molecule has 3 nitrogen and oxygen atoms in total. The lowest BCUT2D eigenvalue weighted by atomic mass is 10.2. The van der Waals surface area contributed by atoms with Gasteiger partial charge in [0, 0.05) is 26.7 Å². The molecular weight excluding hydrogens is 538 g/mol. The van der Waals surface area contributed by atoms with Crippen molar-refractivity contribution in [2.24, 2.45) is 0 Å². The Labute approximate surface area is 184 Å². The fourth-order valence-electron chi connectivity index (χ4n) is 2.55. The van der Waals surface area contributed by atoms with Crippen LogP contribution in [-0.4, -0.2) is 7.11 Å². The van der Waals surface area contributed by atoms with E-state index in [0.29, 0.717) is 13.2 Å². The van der Waals surface area contributed by atoms with Gasteiger partial charge in [0.1, 0.15) is 18.1 Å². The van der Waals surface area contributed by atoms with Gasteiger partial charge in [0.25, 0.3) is 0 Å². The lowest BCUT2D eigenvalue weighted by Gasteiger charge is -2.16. The minimum atomic E-state index is 0.503. The highest BCUT2D eigenvalue weighted by Crippen LogP contribution is 2.34. The van der Waals surface area contributed by atoms with Gasteiger partial charge in [0.2, 0.25) is 0 Å². The third-order valence-corrected chi connectivity index (χ3v) is 5.53. The van der Waals surface area contributed by atoms with E-state index in [2.05, 4.69) is 59.2 Å². The molecule has 0 heterocycles. The van der Waals surface area contributed by atoms with E-state index in [1.165, 1.54) is 0 Å². The Morgan fingerprint density at radius 2 is 1.56 bits per heavy atom. The molecule has 140 valence electrons. The predicted octanol–water partition coefficient (Wildman–Crippen LogP) is 7.17. The van der Waals surface area contributed by atoms with Gasteiger partial charge in [-0.15, -0.1) is 0 Å². The molecule has 0 unspecified atom stereocenters. The van der Waals surface area contributed by atoms with Gasteiger partial charge in [-0.05, 0) is 70.0 Å². The zero-order valence-electron chi connectivity index (χ0n) is 14.6. The summed E-state index contributed by atoms with van der Waals surface area (Å²) < 4.78 is 14.3. The molecule has 0 aromatic heterocycles. The van der Waals surface area contributed by atoms with Crippen molar-refractivity contribution in [3.05, 3.63) is 85.2 Å². The van der Waals surface area contributed by atoms with Gasteiger partial charge in [-0.2, -0.15) is 0 Å². The number of hydrogen-bond donors (Lipinski definition) is 1. The second-order valence-electron chi connectivity index (χ2n) is 5.87. The summed E-state index contributed by atoms with van der Waals surface area (Å²) in [5.41, 5.74) is 3.19. The number of hydrogen-bond acceptors (Lipinski definition) is 3. The largest absolute Gasteiger partial charge is 0.497 e. The van der Waals surface area contributed by atoms with E-state index in [9.17, 15) is 0 Å². The van der Waals surface area contributed by atoms with Gasteiger partial charge in [-0.25, -0.2) is 0 Å². The van der Waals surface area contributed by atoms with Gasteiger partial charge in [-0.1, -0.05) is 44.0 Å². The summed E-state index contributed by atoms with van der Waals surface area (Å²) in [6, 6.07) is 20.0. The molecule has 27 heavy (non-hydrogen) atoms. The van der Waals surface area contributed by atoms with Crippen molar-refractivity contribution in [3.8, 4) is 11.5 Å². The standard InChI is InChI=1S/C21H18Br3NO2/c1-26-19-8-6-18(7-9-19)25-12-15-10-17(23)11-20(24)21(15)27-13-14-2-4-16(22)5-3-14/h2-11,25H,12-13H2,1H3. The van der Waals surface area contributed by atoms with Gasteiger partial charge in [-0.3, -0.25) is 0 Å². The summed E-state index contributed by atoms with van der Waals surface area (Å²) in [6.45, 7) is 1.14. The van der Waals surface area contributed by atoms with Crippen molar-refractivity contribution in [3.63, 3.8) is 0 Å². The molecular formula is C21H18Br3NO2. The van der Waals surface area contributed by atoms with Crippen LogP contribution in [0.3, 0.4) is 0 Å². The number of rotatable bonds is 7. The Morgan fingerprint density at radius 3 is 2.22 bits per heavy atom. The van der Waals surface area contributed by atoms with Crippen LogP contribution in [0.1, 0.15) is 11.1 Å². The molecule has 6 heteroatoms. The number of benzene rings is 3. The maximum absolute atomic E-state index is 6.13. The molecule has 1 N–H and O–H groups in total. The maximum atomic E-state index is 6.13. The zero-order chi connectivity index (χ0) is 19.2. The minimum absolute atomic E-state index is 0.503. The van der Waals surface area contributed by atoms with Crippen molar-refractivity contribution in [1.82, 2.24) is 0 Å². The lowest BCUT2D eigenvalue weighted by Crippen LogP contribution is -2.04. The molecule has 3 aromatic rings. The molecule has 0 amide bonds. The Hall–Kier alpha value is -1.50. The molecule has 3 rings (SSSR count). The first-order chi connectivity index (χ1) is 13.0. The summed E-state index contributed by atoms with van der Waals surface area (Å²) >= 11 is 10.6. The number of halogens is 3. The molecule has 0 saturated carbocycles. The molecule has 0 atom stereocenters. The fraction of sp³-hybridized carbons (Fsp3) is 0.143. The molecule has 0 aliphatic carbocycles. The van der Waals surface area contributed by atoms with E-state index in [4.69, 9.17) is 9.47 Å². The van der Waals surface area contributed by atoms with E-state index in [1.54, 1.807) is 7.11 Å². The van der Waals surface area contributed by atoms with E-state index in [-0.39, 0.29) is 0 Å². The summed E-state index contributed by atoms with van der Waals surface area (Å²) in [7, 11) is 1.66. The van der Waals surface area contributed by atoms with Gasteiger partial charge in [0.05, 0.1) is 11.6 Å². The van der Waals surface area contributed by atoms with Crippen molar-refractivity contribution < 1.29 is 9.47 Å². The Bertz CT molecular complexity index is 897. The number of nitrogens with one attached hydrogen (secondary N) is 1. The Morgan fingerprint density at radius 1 is 0.852 bits per heavy atom. The quantitative estimate of drug-likeness (QED) is 0.335. The van der Waals surface area contributed by atoms with E-state index in [1.807, 2.05) is 54.6 Å². The molecule has 0 aliphatic rings. The topological polar surface area (TPSA) is 30.5 Å². The predicted molar refractivity (Wildman–Crippen MR) is 121 cm³/mol. The third kappa shape index (κ3) is 5.74. The molecule has 0 spiro atoms. The van der Waals surface area contributed by atoms with E-state index < -0.39 is 0 Å². The minimum Gasteiger partial charge on any atom is -0.497 e. The second-order valence-corrected chi connectivity index (χ2v) is 8.56. The average molecular weight is 556 g/mol.